The zero-order valence-electron chi connectivity index (χ0n) is 17.4. The number of nitrogens with zero attached hydrogens (tertiary/aromatic N) is 2. The Morgan fingerprint density at radius 2 is 1.87 bits per heavy atom. The molecule has 4 rings (SSSR count). The number of aromatic nitrogens is 1. The van der Waals surface area contributed by atoms with Gasteiger partial charge in [-0.25, -0.2) is 0 Å². The quantitative estimate of drug-likeness (QED) is 0.796. The lowest BCUT2D eigenvalue weighted by Gasteiger charge is -2.35. The van der Waals surface area contributed by atoms with Crippen LogP contribution in [0.2, 0.25) is 0 Å². The lowest BCUT2D eigenvalue weighted by Crippen LogP contribution is -2.42. The average molecular weight is 412 g/mol. The Hall–Kier alpha value is -2.83. The number of hydrogen-bond acceptors (Lipinski definition) is 5. The minimum atomic E-state index is -0.343. The molecule has 30 heavy (non-hydrogen) atoms. The van der Waals surface area contributed by atoms with Crippen LogP contribution in [-0.2, 0) is 4.79 Å². The molecule has 1 atom stereocenters. The first kappa shape index (κ1) is 20.4. The van der Waals surface area contributed by atoms with Crippen LogP contribution in [0.3, 0.4) is 0 Å². The van der Waals surface area contributed by atoms with Crippen LogP contribution in [-0.4, -0.2) is 42.1 Å². The summed E-state index contributed by atoms with van der Waals surface area (Å²) in [5, 5.41) is 6.95. The van der Waals surface area contributed by atoms with E-state index >= 15 is 0 Å². The minimum Gasteiger partial charge on any atom is -0.497 e. The van der Waals surface area contributed by atoms with Gasteiger partial charge in [0.05, 0.1) is 12.8 Å². The van der Waals surface area contributed by atoms with E-state index < -0.39 is 0 Å². The SMILES string of the molecule is COc1ccc(NC(=O)c2cc([C@H]3CCCN(C(=O)C4CCCCC4)C3)no2)cc1. The van der Waals surface area contributed by atoms with Crippen molar-refractivity contribution in [2.24, 2.45) is 5.92 Å². The highest BCUT2D eigenvalue weighted by atomic mass is 16.5. The van der Waals surface area contributed by atoms with E-state index in [1.165, 1.54) is 6.42 Å². The van der Waals surface area contributed by atoms with Gasteiger partial charge in [0.25, 0.3) is 5.91 Å². The predicted octanol–water partition coefficient (Wildman–Crippen LogP) is 4.22. The van der Waals surface area contributed by atoms with Crippen molar-refractivity contribution in [2.75, 3.05) is 25.5 Å². The molecule has 2 aromatic rings. The fourth-order valence-electron chi connectivity index (χ4n) is 4.48. The maximum atomic E-state index is 12.9. The lowest BCUT2D eigenvalue weighted by atomic mass is 9.87. The van der Waals surface area contributed by atoms with E-state index in [0.29, 0.717) is 18.1 Å². The maximum Gasteiger partial charge on any atom is 0.294 e. The van der Waals surface area contributed by atoms with Crippen molar-refractivity contribution in [2.45, 2.75) is 50.9 Å². The van der Waals surface area contributed by atoms with Crippen LogP contribution in [0.5, 0.6) is 5.75 Å². The normalized spacial score (nSPS) is 20.0. The molecule has 0 bridgehead atoms. The summed E-state index contributed by atoms with van der Waals surface area (Å²) >= 11 is 0. The number of piperidine rings is 1. The summed E-state index contributed by atoms with van der Waals surface area (Å²) in [5.74, 6) is 1.14. The molecule has 160 valence electrons. The van der Waals surface area contributed by atoms with Crippen LogP contribution in [0, 0.1) is 5.92 Å². The van der Waals surface area contributed by atoms with Gasteiger partial charge in [0.2, 0.25) is 11.7 Å². The molecule has 2 amide bonds. The van der Waals surface area contributed by atoms with Crippen LogP contribution in [0.25, 0.3) is 0 Å². The first-order valence-electron chi connectivity index (χ1n) is 10.8. The summed E-state index contributed by atoms with van der Waals surface area (Å²) in [6.45, 7) is 1.47. The molecule has 1 aromatic carbocycles. The number of hydrogen-bond donors (Lipinski definition) is 1. The molecule has 1 aromatic heterocycles. The third-order valence-corrected chi connectivity index (χ3v) is 6.21. The van der Waals surface area contributed by atoms with Crippen molar-refractivity contribution in [3.8, 4) is 5.75 Å². The topological polar surface area (TPSA) is 84.7 Å². The highest BCUT2D eigenvalue weighted by Crippen LogP contribution is 2.31. The smallest absolute Gasteiger partial charge is 0.294 e. The summed E-state index contributed by atoms with van der Waals surface area (Å²) in [4.78, 5) is 27.4. The Bertz CT molecular complexity index is 871. The lowest BCUT2D eigenvalue weighted by molar-refractivity contribution is -0.137. The molecule has 2 heterocycles. The van der Waals surface area contributed by atoms with Gasteiger partial charge < -0.3 is 19.5 Å². The highest BCUT2D eigenvalue weighted by molar-refractivity contribution is 6.02. The molecular formula is C23H29N3O4. The predicted molar refractivity (Wildman–Crippen MR) is 113 cm³/mol. The van der Waals surface area contributed by atoms with Gasteiger partial charge in [0.15, 0.2) is 0 Å². The standard InChI is InChI=1S/C23H29N3O4/c1-29-19-11-9-18(10-12-19)24-22(27)21-14-20(25-30-21)17-8-5-13-26(15-17)23(28)16-6-3-2-4-7-16/h9-12,14,16-17H,2-8,13,15H2,1H3,(H,24,27)/t17-/m0/s1. The van der Waals surface area contributed by atoms with Crippen molar-refractivity contribution in [3.05, 3.63) is 41.8 Å². The van der Waals surface area contributed by atoms with E-state index in [0.717, 1.165) is 56.5 Å². The molecule has 1 saturated carbocycles. The summed E-state index contributed by atoms with van der Waals surface area (Å²) in [6.07, 6.45) is 7.48. The number of carbonyl (C=O) groups is 2. The summed E-state index contributed by atoms with van der Waals surface area (Å²) in [6, 6.07) is 8.80. The molecule has 1 aliphatic carbocycles. The maximum absolute atomic E-state index is 12.9. The number of benzene rings is 1. The second-order valence-electron chi connectivity index (χ2n) is 8.26. The van der Waals surface area contributed by atoms with Gasteiger partial charge in [-0.3, -0.25) is 9.59 Å². The van der Waals surface area contributed by atoms with Crippen LogP contribution >= 0.6 is 0 Å². The number of methoxy groups -OCH3 is 1. The van der Waals surface area contributed by atoms with Gasteiger partial charge >= 0.3 is 0 Å². The van der Waals surface area contributed by atoms with Crippen molar-refractivity contribution < 1.29 is 18.8 Å². The number of likely N-dealkylation sites (tertiary alicyclic amines) is 1. The van der Waals surface area contributed by atoms with Crippen LogP contribution in [0.15, 0.2) is 34.9 Å². The zero-order valence-corrected chi connectivity index (χ0v) is 17.4. The van der Waals surface area contributed by atoms with Gasteiger partial charge in [-0.15, -0.1) is 0 Å². The van der Waals surface area contributed by atoms with Crippen molar-refractivity contribution in [3.63, 3.8) is 0 Å². The number of ether oxygens (including phenoxy) is 1. The summed E-state index contributed by atoms with van der Waals surface area (Å²) in [7, 11) is 1.60. The van der Waals surface area contributed by atoms with E-state index in [2.05, 4.69) is 10.5 Å². The Labute approximate surface area is 176 Å². The number of amides is 2. The number of nitrogens with one attached hydrogen (secondary N) is 1. The molecule has 0 unspecified atom stereocenters. The van der Waals surface area contributed by atoms with Gasteiger partial charge in [-0.1, -0.05) is 24.4 Å². The Morgan fingerprint density at radius 1 is 1.10 bits per heavy atom. The molecule has 0 radical (unpaired) electrons. The van der Waals surface area contributed by atoms with E-state index in [-0.39, 0.29) is 23.5 Å². The molecule has 7 heteroatoms. The molecular weight excluding hydrogens is 382 g/mol. The first-order chi connectivity index (χ1) is 14.6. The molecule has 1 N–H and O–H groups in total. The Balaban J connectivity index is 1.37. The van der Waals surface area contributed by atoms with Gasteiger partial charge in [0, 0.05) is 36.7 Å². The Kier molecular flexibility index (Phi) is 6.35. The van der Waals surface area contributed by atoms with Crippen LogP contribution < -0.4 is 10.1 Å². The molecule has 7 nitrogen and oxygen atoms in total. The van der Waals surface area contributed by atoms with Crippen molar-refractivity contribution in [1.29, 1.82) is 0 Å². The minimum absolute atomic E-state index is 0.109. The third kappa shape index (κ3) is 4.66. The van der Waals surface area contributed by atoms with E-state index in [1.54, 1.807) is 37.4 Å². The van der Waals surface area contributed by atoms with E-state index in [1.807, 2.05) is 4.90 Å². The fraction of sp³-hybridized carbons (Fsp3) is 0.522. The monoisotopic (exact) mass is 411 g/mol. The van der Waals surface area contributed by atoms with Crippen molar-refractivity contribution in [1.82, 2.24) is 10.1 Å². The van der Waals surface area contributed by atoms with Gasteiger partial charge in [-0.2, -0.15) is 0 Å². The van der Waals surface area contributed by atoms with E-state index in [9.17, 15) is 9.59 Å². The Morgan fingerprint density at radius 3 is 2.60 bits per heavy atom. The second kappa shape index (κ2) is 9.32. The van der Waals surface area contributed by atoms with E-state index in [4.69, 9.17) is 9.26 Å². The molecule has 1 aliphatic heterocycles. The van der Waals surface area contributed by atoms with Crippen LogP contribution in [0.1, 0.15) is 67.1 Å². The van der Waals surface area contributed by atoms with Gasteiger partial charge in [0.1, 0.15) is 5.75 Å². The second-order valence-corrected chi connectivity index (χ2v) is 8.26. The number of rotatable bonds is 5. The molecule has 1 saturated heterocycles. The zero-order chi connectivity index (χ0) is 20.9. The third-order valence-electron chi connectivity index (χ3n) is 6.21. The molecule has 2 aliphatic rings. The number of anilines is 1. The first-order valence-corrected chi connectivity index (χ1v) is 10.8. The summed E-state index contributed by atoms with van der Waals surface area (Å²) < 4.78 is 10.4. The largest absolute Gasteiger partial charge is 0.497 e. The average Bonchev–Trinajstić information content (AvgIpc) is 3.30. The molecule has 2 fully saturated rings. The summed E-state index contributed by atoms with van der Waals surface area (Å²) in [5.41, 5.74) is 1.40. The van der Waals surface area contributed by atoms with Gasteiger partial charge in [-0.05, 0) is 49.9 Å². The molecule has 0 spiro atoms. The fourth-order valence-corrected chi connectivity index (χ4v) is 4.48. The van der Waals surface area contributed by atoms with Crippen molar-refractivity contribution >= 4 is 17.5 Å². The number of carbonyl (C=O) groups excluding carboxylic acids is 2. The highest BCUT2D eigenvalue weighted by Gasteiger charge is 2.31. The van der Waals surface area contributed by atoms with Crippen LogP contribution in [0.4, 0.5) is 5.69 Å².